The van der Waals surface area contributed by atoms with Crippen molar-refractivity contribution in [1.29, 1.82) is 0 Å². The molecule has 0 radical (unpaired) electrons. The van der Waals surface area contributed by atoms with Crippen LogP contribution in [0.3, 0.4) is 0 Å². The first-order chi connectivity index (χ1) is 9.90. The predicted molar refractivity (Wildman–Crippen MR) is 74.0 cm³/mol. The number of rotatable bonds is 4. The van der Waals surface area contributed by atoms with E-state index < -0.39 is 4.92 Å². The topological polar surface area (TPSA) is 126 Å². The van der Waals surface area contributed by atoms with Gasteiger partial charge in [0, 0.05) is 12.1 Å². The van der Waals surface area contributed by atoms with E-state index in [1.54, 1.807) is 0 Å². The van der Waals surface area contributed by atoms with Crippen LogP contribution in [0.1, 0.15) is 0 Å². The van der Waals surface area contributed by atoms with Crippen molar-refractivity contribution in [2.75, 3.05) is 12.8 Å². The second-order valence-corrected chi connectivity index (χ2v) is 4.37. The van der Waals surface area contributed by atoms with Crippen molar-refractivity contribution in [3.63, 3.8) is 0 Å². The van der Waals surface area contributed by atoms with Crippen LogP contribution in [0.2, 0.25) is 10.0 Å². The van der Waals surface area contributed by atoms with Gasteiger partial charge < -0.3 is 15.2 Å². The van der Waals surface area contributed by atoms with Crippen LogP contribution < -0.4 is 15.2 Å². The van der Waals surface area contributed by atoms with E-state index in [1.807, 2.05) is 0 Å². The third kappa shape index (κ3) is 3.38. The van der Waals surface area contributed by atoms with E-state index in [0.29, 0.717) is 0 Å². The number of nitrogen functional groups attached to an aromatic ring is 1. The van der Waals surface area contributed by atoms with Crippen LogP contribution in [0.15, 0.2) is 12.1 Å². The Hall–Kier alpha value is -2.39. The highest BCUT2D eigenvalue weighted by molar-refractivity contribution is 6.37. The second-order valence-electron chi connectivity index (χ2n) is 3.56. The van der Waals surface area contributed by atoms with Crippen molar-refractivity contribution >= 4 is 34.8 Å². The quantitative estimate of drug-likeness (QED) is 0.668. The molecule has 0 saturated heterocycles. The van der Waals surface area contributed by atoms with Crippen molar-refractivity contribution < 1.29 is 14.4 Å². The number of methoxy groups -OCH3 is 1. The summed E-state index contributed by atoms with van der Waals surface area (Å²) < 4.78 is 10.1. The molecule has 9 nitrogen and oxygen atoms in total. The van der Waals surface area contributed by atoms with E-state index in [9.17, 15) is 10.1 Å². The minimum atomic E-state index is -0.633. The Bertz CT molecular complexity index is 689. The molecule has 0 aliphatic carbocycles. The summed E-state index contributed by atoms with van der Waals surface area (Å²) in [5, 5.41) is 10.5. The number of nitro benzene ring substituents is 1. The van der Waals surface area contributed by atoms with Crippen LogP contribution in [-0.4, -0.2) is 27.0 Å². The van der Waals surface area contributed by atoms with Crippen molar-refractivity contribution in [1.82, 2.24) is 15.0 Å². The van der Waals surface area contributed by atoms with E-state index in [-0.39, 0.29) is 39.5 Å². The first-order valence-electron chi connectivity index (χ1n) is 5.27. The summed E-state index contributed by atoms with van der Waals surface area (Å²) in [5.74, 6) is -0.178. The third-order valence-corrected chi connectivity index (χ3v) is 2.74. The fourth-order valence-electron chi connectivity index (χ4n) is 1.33. The van der Waals surface area contributed by atoms with E-state index in [4.69, 9.17) is 38.4 Å². The molecule has 2 N–H and O–H groups in total. The van der Waals surface area contributed by atoms with Gasteiger partial charge in [-0.25, -0.2) is 0 Å². The van der Waals surface area contributed by atoms with Crippen molar-refractivity contribution in [3.05, 3.63) is 32.3 Å². The number of benzene rings is 1. The molecular weight excluding hydrogens is 325 g/mol. The van der Waals surface area contributed by atoms with E-state index in [2.05, 4.69) is 15.0 Å². The molecule has 0 saturated carbocycles. The van der Waals surface area contributed by atoms with Gasteiger partial charge in [0.2, 0.25) is 5.95 Å². The second kappa shape index (κ2) is 5.94. The number of nitro groups is 1. The van der Waals surface area contributed by atoms with Gasteiger partial charge in [-0.15, -0.1) is 4.98 Å². The molecule has 0 bridgehead atoms. The molecule has 1 aromatic carbocycles. The first-order valence-corrected chi connectivity index (χ1v) is 6.03. The Morgan fingerprint density at radius 3 is 2.29 bits per heavy atom. The number of ether oxygens (including phenoxy) is 2. The predicted octanol–water partition coefficient (Wildman–Crippen LogP) is 2.47. The van der Waals surface area contributed by atoms with Crippen molar-refractivity contribution in [3.8, 4) is 17.8 Å². The van der Waals surface area contributed by atoms with Gasteiger partial charge >= 0.3 is 12.0 Å². The Morgan fingerprint density at radius 1 is 1.19 bits per heavy atom. The molecule has 2 rings (SSSR count). The monoisotopic (exact) mass is 331 g/mol. The zero-order chi connectivity index (χ0) is 15.6. The number of aromatic nitrogens is 3. The maximum Gasteiger partial charge on any atom is 0.330 e. The van der Waals surface area contributed by atoms with E-state index in [0.717, 1.165) is 12.1 Å². The Morgan fingerprint density at radius 2 is 1.76 bits per heavy atom. The summed E-state index contributed by atoms with van der Waals surface area (Å²) in [6.07, 6.45) is 0. The lowest BCUT2D eigenvalue weighted by molar-refractivity contribution is -0.384. The van der Waals surface area contributed by atoms with Crippen LogP contribution in [-0.2, 0) is 0 Å². The maximum absolute atomic E-state index is 10.7. The smallest absolute Gasteiger partial charge is 0.330 e. The van der Waals surface area contributed by atoms with Crippen molar-refractivity contribution in [2.45, 2.75) is 0 Å². The lowest BCUT2D eigenvalue weighted by atomic mass is 10.3. The van der Waals surface area contributed by atoms with Gasteiger partial charge in [0.05, 0.1) is 22.1 Å². The molecule has 2 aromatic rings. The average Bonchev–Trinajstić information content (AvgIpc) is 2.41. The molecule has 11 heteroatoms. The Balaban J connectivity index is 2.40. The fourth-order valence-corrected chi connectivity index (χ4v) is 1.88. The number of nitrogens with zero attached hydrogens (tertiary/aromatic N) is 4. The lowest BCUT2D eigenvalue weighted by Gasteiger charge is -2.08. The molecule has 0 unspecified atom stereocenters. The molecule has 21 heavy (non-hydrogen) atoms. The molecule has 0 spiro atoms. The van der Waals surface area contributed by atoms with Gasteiger partial charge in [-0.2, -0.15) is 9.97 Å². The highest BCUT2D eigenvalue weighted by Gasteiger charge is 2.18. The Labute approximate surface area is 127 Å². The molecule has 0 amide bonds. The molecular formula is C10H7Cl2N5O4. The van der Waals surface area contributed by atoms with Crippen LogP contribution in [0.5, 0.6) is 17.8 Å². The Kier molecular flexibility index (Phi) is 4.24. The molecule has 110 valence electrons. The summed E-state index contributed by atoms with van der Waals surface area (Å²) >= 11 is 11.8. The molecule has 1 heterocycles. The third-order valence-electron chi connectivity index (χ3n) is 2.18. The van der Waals surface area contributed by atoms with Gasteiger partial charge in [-0.3, -0.25) is 10.1 Å². The highest BCUT2D eigenvalue weighted by Crippen LogP contribution is 2.38. The summed E-state index contributed by atoms with van der Waals surface area (Å²) in [7, 11) is 1.34. The zero-order valence-corrected chi connectivity index (χ0v) is 11.9. The molecule has 0 atom stereocenters. The van der Waals surface area contributed by atoms with Crippen LogP contribution in [0.25, 0.3) is 0 Å². The fraction of sp³-hybridized carbons (Fsp3) is 0.100. The summed E-state index contributed by atoms with van der Waals surface area (Å²) in [6.45, 7) is 0. The van der Waals surface area contributed by atoms with Crippen LogP contribution in [0, 0.1) is 10.1 Å². The number of nitrogens with two attached hydrogens (primary N) is 1. The minimum absolute atomic E-state index is 0.0448. The molecule has 1 aromatic heterocycles. The molecule has 0 fully saturated rings. The van der Waals surface area contributed by atoms with Gasteiger partial charge in [-0.05, 0) is 0 Å². The highest BCUT2D eigenvalue weighted by atomic mass is 35.5. The number of non-ortho nitro benzene ring substituents is 1. The van der Waals surface area contributed by atoms with Gasteiger partial charge in [0.1, 0.15) is 0 Å². The summed E-state index contributed by atoms with van der Waals surface area (Å²) in [6, 6.07) is 1.90. The SMILES string of the molecule is COc1nc(N)nc(Oc2c(Cl)cc([N+](=O)[O-])cc2Cl)n1. The first kappa shape index (κ1) is 15.0. The molecule has 0 aliphatic rings. The summed E-state index contributed by atoms with van der Waals surface area (Å²) in [5.41, 5.74) is 5.18. The van der Waals surface area contributed by atoms with Gasteiger partial charge in [0.15, 0.2) is 5.75 Å². The zero-order valence-electron chi connectivity index (χ0n) is 10.4. The van der Waals surface area contributed by atoms with Gasteiger partial charge in [-0.1, -0.05) is 23.2 Å². The minimum Gasteiger partial charge on any atom is -0.467 e. The lowest BCUT2D eigenvalue weighted by Crippen LogP contribution is -2.03. The number of hydrogen-bond donors (Lipinski definition) is 1. The summed E-state index contributed by atoms with van der Waals surface area (Å²) in [4.78, 5) is 21.2. The number of anilines is 1. The van der Waals surface area contributed by atoms with Crippen LogP contribution in [0.4, 0.5) is 11.6 Å². The molecule has 0 aliphatic heterocycles. The van der Waals surface area contributed by atoms with E-state index >= 15 is 0 Å². The van der Waals surface area contributed by atoms with E-state index in [1.165, 1.54) is 7.11 Å². The number of halogens is 2. The largest absolute Gasteiger partial charge is 0.467 e. The standard InChI is InChI=1S/C10H7Cl2N5O4/c1-20-9-14-8(13)15-10(16-9)21-7-5(11)2-4(17(18)19)3-6(7)12/h2-3H,1H3,(H2,13,14,15,16). The average molecular weight is 332 g/mol. The maximum atomic E-state index is 10.7. The van der Waals surface area contributed by atoms with Crippen LogP contribution >= 0.6 is 23.2 Å². The number of hydrogen-bond acceptors (Lipinski definition) is 8. The van der Waals surface area contributed by atoms with Gasteiger partial charge in [0.25, 0.3) is 5.69 Å². The normalized spacial score (nSPS) is 10.2. The van der Waals surface area contributed by atoms with Crippen molar-refractivity contribution in [2.24, 2.45) is 0 Å².